The highest BCUT2D eigenvalue weighted by molar-refractivity contribution is 7.20. The van der Waals surface area contributed by atoms with Gasteiger partial charge in [0.05, 0.1) is 29.0 Å². The number of benzene rings is 1. The number of hydrogen-bond donors (Lipinski definition) is 2. The highest BCUT2D eigenvalue weighted by Crippen LogP contribution is 2.40. The topological polar surface area (TPSA) is 48.4 Å². The second kappa shape index (κ2) is 9.79. The average Bonchev–Trinajstić information content (AvgIpc) is 3.11. The largest absolute Gasteiger partial charge is 0.393 e. The maximum atomic E-state index is 14.6. The van der Waals surface area contributed by atoms with Crippen LogP contribution < -0.4 is 5.32 Å². The van der Waals surface area contributed by atoms with Crippen LogP contribution in [0.15, 0.2) is 48.8 Å². The lowest BCUT2D eigenvalue weighted by Gasteiger charge is -2.33. The van der Waals surface area contributed by atoms with Crippen LogP contribution in [-0.2, 0) is 6.42 Å². The summed E-state index contributed by atoms with van der Waals surface area (Å²) in [5.74, 6) is 0. The zero-order valence-electron chi connectivity index (χ0n) is 18.0. The van der Waals surface area contributed by atoms with Crippen molar-refractivity contribution in [3.63, 3.8) is 0 Å². The number of rotatable bonds is 6. The van der Waals surface area contributed by atoms with Crippen LogP contribution in [0, 0.1) is 0 Å². The number of pyridine rings is 1. The van der Waals surface area contributed by atoms with Crippen molar-refractivity contribution in [1.29, 1.82) is 0 Å². The Morgan fingerprint density at radius 3 is 2.73 bits per heavy atom. The summed E-state index contributed by atoms with van der Waals surface area (Å²) in [6.07, 6.45) is -0.803. The monoisotopic (exact) mass is 479 g/mol. The molecule has 1 saturated heterocycles. The maximum absolute atomic E-state index is 14.6. The van der Waals surface area contributed by atoms with Gasteiger partial charge in [0.15, 0.2) is 0 Å². The SMILES string of the molecule is CN1CC[C@@H](Nc2cccc3c(CC(F)(F)F)c(/C=C/C(O)c4ccncc4)sc23)[C@@H](F)C1. The van der Waals surface area contributed by atoms with Crippen LogP contribution >= 0.6 is 11.3 Å². The summed E-state index contributed by atoms with van der Waals surface area (Å²) in [6.45, 7) is 1.07. The fourth-order valence-corrected chi connectivity index (χ4v) is 5.30. The molecule has 176 valence electrons. The lowest BCUT2D eigenvalue weighted by Crippen LogP contribution is -2.46. The van der Waals surface area contributed by atoms with Crippen LogP contribution in [0.2, 0.25) is 0 Å². The number of thiophene rings is 1. The van der Waals surface area contributed by atoms with Crippen LogP contribution in [-0.4, -0.2) is 53.5 Å². The second-order valence-corrected chi connectivity index (χ2v) is 9.37. The van der Waals surface area contributed by atoms with Crippen LogP contribution in [0.1, 0.15) is 28.5 Å². The van der Waals surface area contributed by atoms with Crippen molar-refractivity contribution < 1.29 is 22.7 Å². The molecule has 3 atom stereocenters. The van der Waals surface area contributed by atoms with E-state index in [0.29, 0.717) is 39.2 Å². The van der Waals surface area contributed by atoms with Gasteiger partial charge in [0.1, 0.15) is 6.17 Å². The van der Waals surface area contributed by atoms with Crippen molar-refractivity contribution in [2.45, 2.75) is 37.3 Å². The minimum absolute atomic E-state index is 0.157. The van der Waals surface area contributed by atoms with E-state index in [2.05, 4.69) is 10.3 Å². The molecule has 0 saturated carbocycles. The predicted octanol–water partition coefficient (Wildman–Crippen LogP) is 5.60. The zero-order chi connectivity index (χ0) is 23.6. The van der Waals surface area contributed by atoms with Crippen LogP contribution in [0.25, 0.3) is 16.2 Å². The van der Waals surface area contributed by atoms with Crippen molar-refractivity contribution >= 4 is 33.2 Å². The third-order valence-corrected chi connectivity index (χ3v) is 7.04. The Labute approximate surface area is 193 Å². The normalized spacial score (nSPS) is 21.0. The van der Waals surface area contributed by atoms with E-state index in [0.717, 1.165) is 6.54 Å². The predicted molar refractivity (Wildman–Crippen MR) is 124 cm³/mol. The molecule has 2 aromatic heterocycles. The minimum atomic E-state index is -4.39. The summed E-state index contributed by atoms with van der Waals surface area (Å²) in [5.41, 5.74) is 1.38. The summed E-state index contributed by atoms with van der Waals surface area (Å²) >= 11 is 1.21. The molecule has 0 spiro atoms. The van der Waals surface area contributed by atoms with Crippen molar-refractivity contribution in [2.24, 2.45) is 0 Å². The van der Waals surface area contributed by atoms with Gasteiger partial charge in [-0.15, -0.1) is 11.3 Å². The molecule has 0 amide bonds. The molecule has 3 heterocycles. The molecule has 33 heavy (non-hydrogen) atoms. The van der Waals surface area contributed by atoms with Gasteiger partial charge in [-0.2, -0.15) is 13.2 Å². The molecule has 0 aliphatic carbocycles. The van der Waals surface area contributed by atoms with Crippen molar-refractivity contribution in [2.75, 3.05) is 25.5 Å². The molecule has 1 aliphatic heterocycles. The van der Waals surface area contributed by atoms with Gasteiger partial charge in [-0.05, 0) is 54.3 Å². The summed E-state index contributed by atoms with van der Waals surface area (Å²) < 4.78 is 55.4. The first-order valence-corrected chi connectivity index (χ1v) is 11.5. The van der Waals surface area contributed by atoms with E-state index in [-0.39, 0.29) is 5.56 Å². The first-order valence-electron chi connectivity index (χ1n) is 10.7. The summed E-state index contributed by atoms with van der Waals surface area (Å²) in [7, 11) is 1.87. The number of nitrogens with one attached hydrogen (secondary N) is 1. The third kappa shape index (κ3) is 5.72. The molecule has 0 radical (unpaired) electrons. The number of halogens is 4. The van der Waals surface area contributed by atoms with Crippen LogP contribution in [0.5, 0.6) is 0 Å². The number of aromatic nitrogens is 1. The molecular weight excluding hydrogens is 454 g/mol. The van der Waals surface area contributed by atoms with Crippen molar-refractivity contribution in [1.82, 2.24) is 9.88 Å². The van der Waals surface area contributed by atoms with E-state index in [1.54, 1.807) is 42.7 Å². The van der Waals surface area contributed by atoms with Crippen LogP contribution in [0.4, 0.5) is 23.2 Å². The smallest absolute Gasteiger partial charge is 0.384 e. The highest BCUT2D eigenvalue weighted by atomic mass is 32.1. The molecule has 2 N–H and O–H groups in total. The quantitative estimate of drug-likeness (QED) is 0.452. The average molecular weight is 480 g/mol. The Bertz CT molecular complexity index is 1120. The van der Waals surface area contributed by atoms with E-state index >= 15 is 0 Å². The van der Waals surface area contributed by atoms with Gasteiger partial charge < -0.3 is 15.3 Å². The molecule has 4 nitrogen and oxygen atoms in total. The van der Waals surface area contributed by atoms with Gasteiger partial charge in [-0.3, -0.25) is 4.98 Å². The Morgan fingerprint density at radius 2 is 2.03 bits per heavy atom. The fraction of sp³-hybridized carbons (Fsp3) is 0.375. The Kier molecular flexibility index (Phi) is 7.02. The van der Waals surface area contributed by atoms with Gasteiger partial charge >= 0.3 is 6.18 Å². The zero-order valence-corrected chi connectivity index (χ0v) is 18.8. The molecule has 1 unspecified atom stereocenters. The van der Waals surface area contributed by atoms with Crippen molar-refractivity contribution in [3.8, 4) is 0 Å². The minimum Gasteiger partial charge on any atom is -0.384 e. The maximum Gasteiger partial charge on any atom is 0.393 e. The Morgan fingerprint density at radius 1 is 1.27 bits per heavy atom. The number of aliphatic hydroxyl groups excluding tert-OH is 1. The molecular formula is C24H25F4N3OS. The van der Waals surface area contributed by atoms with Crippen LogP contribution in [0.3, 0.4) is 0 Å². The van der Waals surface area contributed by atoms with E-state index in [4.69, 9.17) is 0 Å². The number of alkyl halides is 4. The highest BCUT2D eigenvalue weighted by Gasteiger charge is 2.32. The molecule has 1 fully saturated rings. The van der Waals surface area contributed by atoms with E-state index < -0.39 is 30.9 Å². The van der Waals surface area contributed by atoms with Crippen molar-refractivity contribution in [3.05, 3.63) is 64.8 Å². The van der Waals surface area contributed by atoms with Gasteiger partial charge in [-0.25, -0.2) is 4.39 Å². The third-order valence-electron chi connectivity index (χ3n) is 5.79. The summed E-state index contributed by atoms with van der Waals surface area (Å²) in [6, 6.07) is 8.03. The van der Waals surface area contributed by atoms with Gasteiger partial charge in [0.25, 0.3) is 0 Å². The molecule has 1 aliphatic rings. The van der Waals surface area contributed by atoms with E-state index in [9.17, 15) is 22.7 Å². The van der Waals surface area contributed by atoms with Gasteiger partial charge in [0.2, 0.25) is 0 Å². The fourth-order valence-electron chi connectivity index (χ4n) is 4.09. The number of nitrogens with zero attached hydrogens (tertiary/aromatic N) is 2. The summed E-state index contributed by atoms with van der Waals surface area (Å²) in [4.78, 5) is 6.25. The molecule has 1 aromatic carbocycles. The Hall–Kier alpha value is -2.49. The van der Waals surface area contributed by atoms with Gasteiger partial charge in [-0.1, -0.05) is 18.2 Å². The summed E-state index contributed by atoms with van der Waals surface area (Å²) in [5, 5.41) is 14.1. The number of anilines is 1. The molecule has 4 rings (SSSR count). The van der Waals surface area contributed by atoms with Gasteiger partial charge in [0, 0.05) is 30.4 Å². The number of hydrogen-bond acceptors (Lipinski definition) is 5. The number of likely N-dealkylation sites (tertiary alicyclic amines) is 1. The number of aliphatic hydroxyl groups is 1. The first kappa shape index (κ1) is 23.7. The lowest BCUT2D eigenvalue weighted by molar-refractivity contribution is -0.126. The molecule has 3 aromatic rings. The number of fused-ring (bicyclic) bond motifs is 1. The van der Waals surface area contributed by atoms with E-state index in [1.807, 2.05) is 11.9 Å². The first-order chi connectivity index (χ1) is 15.7. The van der Waals surface area contributed by atoms with E-state index in [1.165, 1.54) is 23.5 Å². The molecule has 0 bridgehead atoms. The molecule has 9 heteroatoms. The second-order valence-electron chi connectivity index (χ2n) is 8.32. The number of piperidine rings is 1. The standard InChI is InChI=1S/C24H25F4N3OS/c1-31-12-9-19(18(25)14-31)30-20-4-2-3-16-17(13-24(26,27)28)22(33-23(16)20)6-5-21(32)15-7-10-29-11-8-15/h2-8,10-11,18-19,21,30,32H,9,12-14H2,1H3/b6-5+/t18-,19+,21?/m0/s1. The lowest BCUT2D eigenvalue weighted by atomic mass is 10.0. The Balaban J connectivity index is 1.69.